The number of anilines is 2. The smallest absolute Gasteiger partial charge is 0.129 e. The standard InChI is InChI=1S/C40H43N5O2S/c1-29(2)47-35-20-21-37(36(27-35)39(41)31-22-23-42-38(26-31)44-24-25-45(48(4)46)30(3)28-44)43-40(32-14-8-5-9-15-32,33-16-10-6-11-17-33)34-18-12-7-13-19-34/h5-23,26-27,29-30,41,43H,24-25,28H2,1-4H3. The molecule has 48 heavy (non-hydrogen) atoms. The van der Waals surface area contributed by atoms with Crippen LogP contribution in [0.15, 0.2) is 128 Å². The van der Waals surface area contributed by atoms with Crippen LogP contribution in [-0.4, -0.2) is 57.2 Å². The Morgan fingerprint density at radius 2 is 1.46 bits per heavy atom. The highest BCUT2D eigenvalue weighted by atomic mass is 32.2. The molecule has 6 rings (SSSR count). The van der Waals surface area contributed by atoms with E-state index < -0.39 is 16.5 Å². The first-order valence-corrected chi connectivity index (χ1v) is 17.9. The van der Waals surface area contributed by atoms with Crippen LogP contribution in [0.2, 0.25) is 0 Å². The molecule has 1 fully saturated rings. The van der Waals surface area contributed by atoms with Crippen molar-refractivity contribution in [3.05, 3.63) is 155 Å². The lowest BCUT2D eigenvalue weighted by Crippen LogP contribution is -2.52. The van der Waals surface area contributed by atoms with Gasteiger partial charge in [0.1, 0.15) is 17.1 Å². The van der Waals surface area contributed by atoms with Gasteiger partial charge in [-0.1, -0.05) is 91.0 Å². The number of piperazine rings is 1. The zero-order chi connectivity index (χ0) is 33.7. The topological polar surface area (TPSA) is 81.6 Å². The Morgan fingerprint density at radius 1 is 0.875 bits per heavy atom. The average Bonchev–Trinajstić information content (AvgIpc) is 3.11. The molecule has 246 valence electrons. The molecule has 7 nitrogen and oxygen atoms in total. The van der Waals surface area contributed by atoms with Crippen molar-refractivity contribution in [3.8, 4) is 5.75 Å². The molecule has 1 aromatic heterocycles. The number of hydrogen-bond acceptors (Lipinski definition) is 6. The fourth-order valence-electron chi connectivity index (χ4n) is 6.60. The SMILES string of the molecule is CC(C)Oc1ccc(NC(c2ccccc2)(c2ccccc2)c2ccccc2)c(C(=N)c2ccnc(N3CCN(S(C)=O)C(C)C3)c2)c1. The molecule has 2 N–H and O–H groups in total. The number of pyridine rings is 1. The molecule has 5 aromatic rings. The van der Waals surface area contributed by atoms with Gasteiger partial charge in [-0.05, 0) is 67.8 Å². The van der Waals surface area contributed by atoms with Crippen LogP contribution in [0.25, 0.3) is 0 Å². The molecule has 0 bridgehead atoms. The molecule has 2 heterocycles. The Morgan fingerprint density at radius 3 is 1.98 bits per heavy atom. The highest BCUT2D eigenvalue weighted by molar-refractivity contribution is 7.81. The minimum Gasteiger partial charge on any atom is -0.491 e. The van der Waals surface area contributed by atoms with Gasteiger partial charge >= 0.3 is 0 Å². The number of rotatable bonds is 11. The molecule has 1 aliphatic heterocycles. The third-order valence-corrected chi connectivity index (χ3v) is 10.0. The van der Waals surface area contributed by atoms with Crippen LogP contribution < -0.4 is 15.0 Å². The molecule has 0 amide bonds. The Balaban J connectivity index is 1.46. The summed E-state index contributed by atoms with van der Waals surface area (Å²) >= 11 is 0. The lowest BCUT2D eigenvalue weighted by atomic mass is 9.76. The third kappa shape index (κ3) is 6.91. The molecule has 2 unspecified atom stereocenters. The molecule has 2 atom stereocenters. The first kappa shape index (κ1) is 33.1. The summed E-state index contributed by atoms with van der Waals surface area (Å²) in [4.78, 5) is 6.91. The predicted octanol–water partition coefficient (Wildman–Crippen LogP) is 7.49. The van der Waals surface area contributed by atoms with Crippen molar-refractivity contribution in [2.24, 2.45) is 0 Å². The zero-order valence-corrected chi connectivity index (χ0v) is 28.8. The van der Waals surface area contributed by atoms with Gasteiger partial charge in [0.05, 0.1) is 22.8 Å². The summed E-state index contributed by atoms with van der Waals surface area (Å²) in [6, 6.07) is 41.4. The number of nitrogens with one attached hydrogen (secondary N) is 2. The third-order valence-electron chi connectivity index (χ3n) is 8.83. The van der Waals surface area contributed by atoms with Crippen LogP contribution in [0.3, 0.4) is 0 Å². The Labute approximate surface area is 286 Å². The summed E-state index contributed by atoms with van der Waals surface area (Å²) in [7, 11) is -1.02. The van der Waals surface area contributed by atoms with E-state index in [-0.39, 0.29) is 12.1 Å². The summed E-state index contributed by atoms with van der Waals surface area (Å²) in [5, 5.41) is 13.6. The van der Waals surface area contributed by atoms with Crippen LogP contribution in [-0.2, 0) is 16.5 Å². The fourth-order valence-corrected chi connectivity index (χ4v) is 7.51. The molecule has 4 aromatic carbocycles. The number of hydrogen-bond donors (Lipinski definition) is 2. The molecule has 0 aliphatic carbocycles. The molecular weight excluding hydrogens is 615 g/mol. The van der Waals surface area contributed by atoms with Crippen LogP contribution in [0.4, 0.5) is 11.5 Å². The molecule has 0 spiro atoms. The van der Waals surface area contributed by atoms with E-state index in [1.807, 2.05) is 66.7 Å². The number of aromatic nitrogens is 1. The summed E-state index contributed by atoms with van der Waals surface area (Å²) in [5.74, 6) is 1.51. The monoisotopic (exact) mass is 657 g/mol. The van der Waals surface area contributed by atoms with E-state index in [2.05, 4.69) is 89.9 Å². The largest absolute Gasteiger partial charge is 0.491 e. The molecule has 0 saturated carbocycles. The van der Waals surface area contributed by atoms with Crippen molar-refractivity contribution in [1.29, 1.82) is 5.41 Å². The van der Waals surface area contributed by atoms with Crippen LogP contribution in [0, 0.1) is 5.41 Å². The molecule has 1 saturated heterocycles. The van der Waals surface area contributed by atoms with E-state index in [0.29, 0.717) is 31.1 Å². The van der Waals surface area contributed by atoms with E-state index in [9.17, 15) is 9.62 Å². The lowest BCUT2D eigenvalue weighted by molar-refractivity contribution is 0.242. The number of benzene rings is 4. The van der Waals surface area contributed by atoms with E-state index in [4.69, 9.17) is 9.72 Å². The van der Waals surface area contributed by atoms with Gasteiger partial charge in [0.15, 0.2) is 0 Å². The second-order valence-electron chi connectivity index (χ2n) is 12.5. The molecule has 0 radical (unpaired) electrons. The Kier molecular flexibility index (Phi) is 10.0. The van der Waals surface area contributed by atoms with Gasteiger partial charge in [-0.3, -0.25) is 5.41 Å². The Hall–Kier alpha value is -4.79. The molecule has 8 heteroatoms. The van der Waals surface area contributed by atoms with Gasteiger partial charge in [0.25, 0.3) is 0 Å². The highest BCUT2D eigenvalue weighted by Gasteiger charge is 2.37. The van der Waals surface area contributed by atoms with Crippen LogP contribution >= 0.6 is 0 Å². The van der Waals surface area contributed by atoms with Crippen molar-refractivity contribution in [1.82, 2.24) is 9.29 Å². The van der Waals surface area contributed by atoms with Crippen molar-refractivity contribution < 1.29 is 8.95 Å². The van der Waals surface area contributed by atoms with Crippen molar-refractivity contribution in [2.45, 2.75) is 38.5 Å². The van der Waals surface area contributed by atoms with Gasteiger partial charge in [-0.25, -0.2) is 13.5 Å². The van der Waals surface area contributed by atoms with Crippen molar-refractivity contribution >= 4 is 28.2 Å². The maximum absolute atomic E-state index is 12.2. The van der Waals surface area contributed by atoms with Gasteiger partial charge < -0.3 is 15.0 Å². The fraction of sp³-hybridized carbons (Fsp3) is 0.250. The first-order chi connectivity index (χ1) is 23.3. The molecular formula is C40H43N5O2S. The van der Waals surface area contributed by atoms with Crippen molar-refractivity contribution in [2.75, 3.05) is 36.1 Å². The van der Waals surface area contributed by atoms with E-state index in [1.165, 1.54) is 0 Å². The second kappa shape index (κ2) is 14.5. The normalized spacial score (nSPS) is 16.0. The van der Waals surface area contributed by atoms with Gasteiger partial charge in [0.2, 0.25) is 0 Å². The lowest BCUT2D eigenvalue weighted by Gasteiger charge is -2.39. The van der Waals surface area contributed by atoms with Crippen molar-refractivity contribution in [3.63, 3.8) is 0 Å². The Bertz CT molecular complexity index is 1770. The van der Waals surface area contributed by atoms with Gasteiger partial charge in [0, 0.05) is 54.9 Å². The quantitative estimate of drug-likeness (QED) is 0.114. The molecule has 1 aliphatic rings. The van der Waals surface area contributed by atoms with Crippen LogP contribution in [0.5, 0.6) is 5.75 Å². The maximum Gasteiger partial charge on any atom is 0.129 e. The summed E-state index contributed by atoms with van der Waals surface area (Å²) < 4.78 is 20.4. The zero-order valence-electron chi connectivity index (χ0n) is 28.0. The summed E-state index contributed by atoms with van der Waals surface area (Å²) in [6.07, 6.45) is 3.49. The first-order valence-electron chi connectivity index (χ1n) is 16.4. The number of nitrogens with zero attached hydrogens (tertiary/aromatic N) is 3. The number of ether oxygens (including phenoxy) is 1. The van der Waals surface area contributed by atoms with E-state index >= 15 is 0 Å². The highest BCUT2D eigenvalue weighted by Crippen LogP contribution is 2.41. The predicted molar refractivity (Wildman–Crippen MR) is 198 cm³/mol. The van der Waals surface area contributed by atoms with E-state index in [1.54, 1.807) is 12.5 Å². The van der Waals surface area contributed by atoms with E-state index in [0.717, 1.165) is 39.3 Å². The van der Waals surface area contributed by atoms with Gasteiger partial charge in [-0.2, -0.15) is 0 Å². The minimum atomic E-state index is -1.02. The summed E-state index contributed by atoms with van der Waals surface area (Å²) in [5.41, 5.74) is 5.11. The maximum atomic E-state index is 12.2. The van der Waals surface area contributed by atoms with Gasteiger partial charge in [-0.15, -0.1) is 0 Å². The van der Waals surface area contributed by atoms with Crippen LogP contribution in [0.1, 0.15) is 48.6 Å². The summed E-state index contributed by atoms with van der Waals surface area (Å²) in [6.45, 7) is 8.22. The second-order valence-corrected chi connectivity index (χ2v) is 13.8. The average molecular weight is 658 g/mol. The minimum absolute atomic E-state index is 0.0199.